The van der Waals surface area contributed by atoms with Gasteiger partial charge in [0.25, 0.3) is 5.56 Å². The van der Waals surface area contributed by atoms with Crippen molar-refractivity contribution in [2.75, 3.05) is 7.11 Å². The molecule has 4 nitrogen and oxygen atoms in total. The lowest BCUT2D eigenvalue weighted by atomic mass is 9.94. The molecule has 0 amide bonds. The minimum absolute atomic E-state index is 0.153. The Morgan fingerprint density at radius 1 is 1.00 bits per heavy atom. The molecule has 0 saturated carbocycles. The van der Waals surface area contributed by atoms with E-state index in [0.29, 0.717) is 28.9 Å². The maximum Gasteiger partial charge on any atom is 0.259 e. The molecule has 1 aromatic heterocycles. The van der Waals surface area contributed by atoms with Crippen molar-refractivity contribution in [1.29, 1.82) is 0 Å². The lowest BCUT2D eigenvalue weighted by Gasteiger charge is -2.12. The molecule has 1 heterocycles. The van der Waals surface area contributed by atoms with Gasteiger partial charge in [-0.25, -0.2) is 0 Å². The van der Waals surface area contributed by atoms with Crippen molar-refractivity contribution in [2.45, 2.75) is 12.8 Å². The van der Waals surface area contributed by atoms with Crippen LogP contribution in [0.2, 0.25) is 5.02 Å². The summed E-state index contributed by atoms with van der Waals surface area (Å²) in [5, 5.41) is 1.34. The minimum atomic E-state index is -0.396. The van der Waals surface area contributed by atoms with Crippen LogP contribution in [0.1, 0.15) is 27.0 Å². The topological polar surface area (TPSA) is 59.2 Å². The zero-order chi connectivity index (χ0) is 22.5. The van der Waals surface area contributed by atoms with Gasteiger partial charge in [-0.2, -0.15) is 0 Å². The van der Waals surface area contributed by atoms with E-state index in [2.05, 4.69) is 4.98 Å². The Balaban J connectivity index is 1.74. The molecule has 0 aliphatic heterocycles. The summed E-state index contributed by atoms with van der Waals surface area (Å²) in [4.78, 5) is 28.9. The van der Waals surface area contributed by atoms with Crippen LogP contribution in [0, 0.1) is 0 Å². The van der Waals surface area contributed by atoms with Gasteiger partial charge in [0.1, 0.15) is 5.75 Å². The quantitative estimate of drug-likeness (QED) is 0.287. The molecule has 0 aliphatic rings. The molecule has 0 bridgehead atoms. The van der Waals surface area contributed by atoms with E-state index in [1.54, 1.807) is 31.4 Å². The smallest absolute Gasteiger partial charge is 0.259 e. The molecule has 0 radical (unpaired) electrons. The summed E-state index contributed by atoms with van der Waals surface area (Å²) in [6.45, 7) is 0. The molecule has 4 rings (SSSR count). The van der Waals surface area contributed by atoms with Gasteiger partial charge < -0.3 is 9.72 Å². The predicted molar refractivity (Wildman–Crippen MR) is 130 cm³/mol. The first-order valence-corrected chi connectivity index (χ1v) is 10.7. The standard InChI is InChI=1S/C27H22ClNO3/c1-32-21-12-7-19(8-13-21)10-16-25(30)26-22(14-9-18-5-3-2-4-6-18)23-17-20(28)11-15-24(23)29-27(26)31/h2-8,10-13,15-17H,9,14H2,1H3,(H,29,31)/b16-10+. The van der Waals surface area contributed by atoms with Crippen molar-refractivity contribution in [1.82, 2.24) is 4.98 Å². The Morgan fingerprint density at radius 3 is 2.47 bits per heavy atom. The molecule has 0 fully saturated rings. The van der Waals surface area contributed by atoms with Crippen molar-refractivity contribution in [3.05, 3.63) is 117 Å². The number of ether oxygens (including phenoxy) is 1. The fourth-order valence-electron chi connectivity index (χ4n) is 3.74. The van der Waals surface area contributed by atoms with Crippen molar-refractivity contribution < 1.29 is 9.53 Å². The lowest BCUT2D eigenvalue weighted by Crippen LogP contribution is -2.20. The van der Waals surface area contributed by atoms with Crippen LogP contribution in [0.4, 0.5) is 0 Å². The number of aromatic amines is 1. The molecule has 5 heteroatoms. The molecular weight excluding hydrogens is 422 g/mol. The number of carbonyl (C=O) groups excluding carboxylic acids is 1. The summed E-state index contributed by atoms with van der Waals surface area (Å²) in [6, 6.07) is 22.6. The number of carbonyl (C=O) groups is 1. The number of allylic oxidation sites excluding steroid dienone is 1. The fraction of sp³-hybridized carbons (Fsp3) is 0.111. The Labute approximate surface area is 191 Å². The van der Waals surface area contributed by atoms with Gasteiger partial charge in [-0.1, -0.05) is 60.1 Å². The van der Waals surface area contributed by atoms with Gasteiger partial charge in [-0.3, -0.25) is 9.59 Å². The maximum absolute atomic E-state index is 13.2. The number of halogens is 1. The highest BCUT2D eigenvalue weighted by Crippen LogP contribution is 2.25. The van der Waals surface area contributed by atoms with Gasteiger partial charge in [0.2, 0.25) is 0 Å². The van der Waals surface area contributed by atoms with Gasteiger partial charge in [0.15, 0.2) is 5.78 Å². The average Bonchev–Trinajstić information content (AvgIpc) is 2.82. The van der Waals surface area contributed by atoms with Gasteiger partial charge in [0.05, 0.1) is 12.7 Å². The first-order chi connectivity index (χ1) is 15.5. The predicted octanol–water partition coefficient (Wildman–Crippen LogP) is 5.87. The fourth-order valence-corrected chi connectivity index (χ4v) is 3.91. The SMILES string of the molecule is COc1ccc(/C=C/C(=O)c2c(CCc3ccccc3)c3cc(Cl)ccc3[nH]c2=O)cc1. The largest absolute Gasteiger partial charge is 0.497 e. The van der Waals surface area contributed by atoms with Crippen LogP contribution in [-0.4, -0.2) is 17.9 Å². The van der Waals surface area contributed by atoms with E-state index in [1.165, 1.54) is 6.08 Å². The van der Waals surface area contributed by atoms with Crippen molar-refractivity contribution in [3.8, 4) is 5.75 Å². The normalized spacial score (nSPS) is 11.2. The van der Waals surface area contributed by atoms with Crippen LogP contribution < -0.4 is 10.3 Å². The Morgan fingerprint density at radius 2 is 1.75 bits per heavy atom. The van der Waals surface area contributed by atoms with Crippen molar-refractivity contribution in [3.63, 3.8) is 0 Å². The van der Waals surface area contributed by atoms with Crippen molar-refractivity contribution >= 4 is 34.4 Å². The molecule has 160 valence electrons. The molecular formula is C27H22ClNO3. The van der Waals surface area contributed by atoms with Crippen LogP contribution in [0.15, 0.2) is 83.7 Å². The molecule has 0 atom stereocenters. The monoisotopic (exact) mass is 443 g/mol. The van der Waals surface area contributed by atoms with Crippen LogP contribution in [0.25, 0.3) is 17.0 Å². The number of aryl methyl sites for hydroxylation is 2. The second-order valence-electron chi connectivity index (χ2n) is 7.45. The number of nitrogens with one attached hydrogen (secondary N) is 1. The number of pyridine rings is 1. The van der Waals surface area contributed by atoms with E-state index in [-0.39, 0.29) is 11.3 Å². The number of rotatable bonds is 7. The van der Waals surface area contributed by atoms with Gasteiger partial charge in [0, 0.05) is 15.9 Å². The summed E-state index contributed by atoms with van der Waals surface area (Å²) < 4.78 is 5.16. The molecule has 0 aliphatic carbocycles. The Hall–Kier alpha value is -3.63. The van der Waals surface area contributed by atoms with Crippen LogP contribution in [0.5, 0.6) is 5.75 Å². The number of ketones is 1. The van der Waals surface area contributed by atoms with Crippen LogP contribution in [-0.2, 0) is 12.8 Å². The molecule has 3 aromatic carbocycles. The zero-order valence-electron chi connectivity index (χ0n) is 17.6. The second-order valence-corrected chi connectivity index (χ2v) is 7.89. The van der Waals surface area contributed by atoms with Crippen molar-refractivity contribution in [2.24, 2.45) is 0 Å². The molecule has 0 saturated heterocycles. The van der Waals surface area contributed by atoms with E-state index in [0.717, 1.165) is 22.3 Å². The second kappa shape index (κ2) is 9.67. The van der Waals surface area contributed by atoms with Gasteiger partial charge >= 0.3 is 0 Å². The number of hydrogen-bond donors (Lipinski definition) is 1. The highest BCUT2D eigenvalue weighted by Gasteiger charge is 2.18. The summed E-state index contributed by atoms with van der Waals surface area (Å²) in [5.74, 6) is 0.395. The highest BCUT2D eigenvalue weighted by molar-refractivity contribution is 6.31. The molecule has 4 aromatic rings. The number of H-pyrrole nitrogens is 1. The lowest BCUT2D eigenvalue weighted by molar-refractivity contribution is 0.104. The van der Waals surface area contributed by atoms with E-state index < -0.39 is 5.56 Å². The molecule has 0 unspecified atom stereocenters. The number of hydrogen-bond acceptors (Lipinski definition) is 3. The number of methoxy groups -OCH3 is 1. The van der Waals surface area contributed by atoms with E-state index in [9.17, 15) is 9.59 Å². The van der Waals surface area contributed by atoms with Crippen LogP contribution in [0.3, 0.4) is 0 Å². The Kier molecular flexibility index (Phi) is 6.52. The first-order valence-electron chi connectivity index (χ1n) is 10.3. The third-order valence-electron chi connectivity index (χ3n) is 5.38. The first kappa shape index (κ1) is 21.6. The third kappa shape index (κ3) is 4.82. The summed E-state index contributed by atoms with van der Waals surface area (Å²) in [6.07, 6.45) is 4.38. The van der Waals surface area contributed by atoms with Gasteiger partial charge in [-0.05, 0) is 65.9 Å². The van der Waals surface area contributed by atoms with E-state index in [4.69, 9.17) is 16.3 Å². The van der Waals surface area contributed by atoms with E-state index >= 15 is 0 Å². The van der Waals surface area contributed by atoms with E-state index in [1.807, 2.05) is 54.6 Å². The number of aromatic nitrogens is 1. The summed E-state index contributed by atoms with van der Waals surface area (Å²) in [5.41, 5.74) is 3.10. The molecule has 32 heavy (non-hydrogen) atoms. The summed E-state index contributed by atoms with van der Waals surface area (Å²) in [7, 11) is 1.60. The Bertz CT molecular complexity index is 1340. The molecule has 1 N–H and O–H groups in total. The minimum Gasteiger partial charge on any atom is -0.497 e. The average molecular weight is 444 g/mol. The summed E-state index contributed by atoms with van der Waals surface area (Å²) >= 11 is 6.24. The number of fused-ring (bicyclic) bond motifs is 1. The third-order valence-corrected chi connectivity index (χ3v) is 5.61. The molecule has 0 spiro atoms. The zero-order valence-corrected chi connectivity index (χ0v) is 18.4. The van der Waals surface area contributed by atoms with Gasteiger partial charge in [-0.15, -0.1) is 0 Å². The highest BCUT2D eigenvalue weighted by atomic mass is 35.5. The number of benzene rings is 3. The van der Waals surface area contributed by atoms with Crippen LogP contribution >= 0.6 is 11.6 Å². The maximum atomic E-state index is 13.2.